The molecule has 1 rings (SSSR count). The first kappa shape index (κ1) is 15.2. The van der Waals surface area contributed by atoms with E-state index in [1.165, 1.54) is 18.2 Å². The second-order valence-electron chi connectivity index (χ2n) is 4.09. The van der Waals surface area contributed by atoms with Crippen molar-refractivity contribution in [1.82, 2.24) is 0 Å². The van der Waals surface area contributed by atoms with Gasteiger partial charge in [0.2, 0.25) is 0 Å². The lowest BCUT2D eigenvalue weighted by molar-refractivity contribution is 0.0692. The zero-order valence-electron chi connectivity index (χ0n) is 10.2. The molecule has 0 heterocycles. The number of hydrogen-bond acceptors (Lipinski definition) is 3. The van der Waals surface area contributed by atoms with E-state index in [1.54, 1.807) is 6.92 Å². The second-order valence-corrected chi connectivity index (χ2v) is 7.34. The van der Waals surface area contributed by atoms with Gasteiger partial charge in [0, 0.05) is 4.47 Å². The van der Waals surface area contributed by atoms with Gasteiger partial charge in [0.1, 0.15) is 0 Å². The lowest BCUT2D eigenvalue weighted by atomic mass is 10.2. The highest BCUT2D eigenvalue weighted by molar-refractivity contribution is 9.10. The Labute approximate surface area is 115 Å². The predicted octanol–water partition coefficient (Wildman–Crippen LogP) is 3.11. The monoisotopic (exact) mass is 334 g/mol. The smallest absolute Gasteiger partial charge is 0.337 e. The molecule has 1 aromatic carbocycles. The van der Waals surface area contributed by atoms with Gasteiger partial charge in [-0.15, -0.1) is 0 Å². The molecule has 0 amide bonds. The molecule has 6 heteroatoms. The number of aromatic carboxylic acids is 1. The summed E-state index contributed by atoms with van der Waals surface area (Å²) in [5.74, 6) is -1.23. The largest absolute Gasteiger partial charge is 0.478 e. The number of carboxylic acid groups (broad SMARTS) is 1. The summed E-state index contributed by atoms with van der Waals surface area (Å²) in [7, 11) is -3.61. The van der Waals surface area contributed by atoms with Crippen LogP contribution in [0.3, 0.4) is 0 Å². The van der Waals surface area contributed by atoms with Gasteiger partial charge in [0.15, 0.2) is 9.84 Å². The minimum atomic E-state index is -3.61. The highest BCUT2D eigenvalue weighted by Gasteiger charge is 2.27. The molecule has 0 aliphatic carbocycles. The van der Waals surface area contributed by atoms with E-state index in [9.17, 15) is 13.2 Å². The van der Waals surface area contributed by atoms with Crippen LogP contribution in [-0.4, -0.2) is 24.7 Å². The molecule has 0 saturated carbocycles. The quantitative estimate of drug-likeness (QED) is 0.897. The Morgan fingerprint density at radius 2 is 2.06 bits per heavy atom. The minimum absolute atomic E-state index is 0.120. The summed E-state index contributed by atoms with van der Waals surface area (Å²) < 4.78 is 25.2. The van der Waals surface area contributed by atoms with Crippen LogP contribution in [-0.2, 0) is 9.84 Å². The SMILES string of the molecule is CCCC(C)S(=O)(=O)c1cc(Br)ccc1C(=O)O. The van der Waals surface area contributed by atoms with E-state index in [4.69, 9.17) is 5.11 Å². The normalized spacial score (nSPS) is 13.3. The van der Waals surface area contributed by atoms with Gasteiger partial charge in [-0.2, -0.15) is 0 Å². The van der Waals surface area contributed by atoms with Crippen LogP contribution in [0.25, 0.3) is 0 Å². The number of carbonyl (C=O) groups is 1. The molecule has 0 fully saturated rings. The zero-order chi connectivity index (χ0) is 13.9. The fourth-order valence-corrected chi connectivity index (χ4v) is 3.93. The van der Waals surface area contributed by atoms with Gasteiger partial charge in [0.25, 0.3) is 0 Å². The Balaban J connectivity index is 3.39. The minimum Gasteiger partial charge on any atom is -0.478 e. The van der Waals surface area contributed by atoms with Gasteiger partial charge in [-0.3, -0.25) is 0 Å². The molecule has 0 saturated heterocycles. The number of carboxylic acids is 1. The highest BCUT2D eigenvalue weighted by Crippen LogP contribution is 2.26. The summed E-state index contributed by atoms with van der Waals surface area (Å²) in [6.07, 6.45) is 1.24. The van der Waals surface area contributed by atoms with E-state index in [2.05, 4.69) is 15.9 Å². The zero-order valence-corrected chi connectivity index (χ0v) is 12.6. The van der Waals surface area contributed by atoms with E-state index < -0.39 is 21.1 Å². The van der Waals surface area contributed by atoms with Crippen molar-refractivity contribution in [3.05, 3.63) is 28.2 Å². The molecule has 18 heavy (non-hydrogen) atoms. The molecule has 100 valence electrons. The average Bonchev–Trinajstić information content (AvgIpc) is 2.28. The van der Waals surface area contributed by atoms with E-state index in [0.717, 1.165) is 6.42 Å². The summed E-state index contributed by atoms with van der Waals surface area (Å²) in [6.45, 7) is 3.50. The van der Waals surface area contributed by atoms with E-state index in [0.29, 0.717) is 10.9 Å². The molecule has 0 spiro atoms. The van der Waals surface area contributed by atoms with E-state index >= 15 is 0 Å². The lowest BCUT2D eigenvalue weighted by Crippen LogP contribution is -2.20. The molecule has 1 unspecified atom stereocenters. The third kappa shape index (κ3) is 3.11. The van der Waals surface area contributed by atoms with Crippen molar-refractivity contribution in [1.29, 1.82) is 0 Å². The summed E-state index contributed by atoms with van der Waals surface area (Å²) in [5.41, 5.74) is -0.179. The number of hydrogen-bond donors (Lipinski definition) is 1. The fraction of sp³-hybridized carbons (Fsp3) is 0.417. The predicted molar refractivity (Wildman–Crippen MR) is 72.7 cm³/mol. The maximum Gasteiger partial charge on any atom is 0.337 e. The summed E-state index contributed by atoms with van der Waals surface area (Å²) in [6, 6.07) is 4.18. The van der Waals surface area contributed by atoms with Crippen molar-refractivity contribution in [2.24, 2.45) is 0 Å². The van der Waals surface area contributed by atoms with Crippen LogP contribution in [0.1, 0.15) is 37.0 Å². The van der Waals surface area contributed by atoms with Crippen molar-refractivity contribution in [3.63, 3.8) is 0 Å². The van der Waals surface area contributed by atoms with Gasteiger partial charge in [-0.25, -0.2) is 13.2 Å². The number of halogens is 1. The third-order valence-electron chi connectivity index (χ3n) is 2.71. The molecule has 0 aliphatic heterocycles. The first-order valence-corrected chi connectivity index (χ1v) is 7.91. The van der Waals surface area contributed by atoms with Crippen molar-refractivity contribution in [2.45, 2.75) is 36.8 Å². The first-order valence-electron chi connectivity index (χ1n) is 5.57. The summed E-state index contributed by atoms with van der Waals surface area (Å²) in [5, 5.41) is 8.46. The molecule has 0 radical (unpaired) electrons. The highest BCUT2D eigenvalue weighted by atomic mass is 79.9. The molecule has 0 bridgehead atoms. The second kappa shape index (κ2) is 5.84. The van der Waals surface area contributed by atoms with Crippen LogP contribution in [0.2, 0.25) is 0 Å². The molecular weight excluding hydrogens is 320 g/mol. The van der Waals surface area contributed by atoms with Crippen molar-refractivity contribution in [3.8, 4) is 0 Å². The number of sulfone groups is 1. The van der Waals surface area contributed by atoms with Crippen LogP contribution in [0.5, 0.6) is 0 Å². The van der Waals surface area contributed by atoms with Crippen molar-refractivity contribution < 1.29 is 18.3 Å². The van der Waals surface area contributed by atoms with Gasteiger partial charge >= 0.3 is 5.97 Å². The first-order chi connectivity index (χ1) is 8.30. The third-order valence-corrected chi connectivity index (χ3v) is 5.44. The summed E-state index contributed by atoms with van der Waals surface area (Å²) >= 11 is 3.17. The van der Waals surface area contributed by atoms with Crippen molar-refractivity contribution in [2.75, 3.05) is 0 Å². The lowest BCUT2D eigenvalue weighted by Gasteiger charge is -2.14. The Hall–Kier alpha value is -0.880. The van der Waals surface area contributed by atoms with Gasteiger partial charge < -0.3 is 5.11 Å². The molecule has 0 aromatic heterocycles. The number of benzene rings is 1. The Kier molecular flexibility index (Phi) is 4.92. The molecule has 1 atom stereocenters. The topological polar surface area (TPSA) is 71.4 Å². The summed E-state index contributed by atoms with van der Waals surface area (Å²) in [4.78, 5) is 11.0. The van der Waals surface area contributed by atoms with Gasteiger partial charge in [-0.05, 0) is 31.5 Å². The van der Waals surface area contributed by atoms with Crippen LogP contribution >= 0.6 is 15.9 Å². The Morgan fingerprint density at radius 3 is 2.56 bits per heavy atom. The molecule has 1 N–H and O–H groups in total. The van der Waals surface area contributed by atoms with Crippen LogP contribution in [0.4, 0.5) is 0 Å². The fourth-order valence-electron chi connectivity index (χ4n) is 1.69. The molecule has 0 aliphatic rings. The molecule has 1 aromatic rings. The van der Waals surface area contributed by atoms with Gasteiger partial charge in [0.05, 0.1) is 15.7 Å². The maximum absolute atomic E-state index is 12.3. The number of rotatable bonds is 5. The Bertz CT molecular complexity index is 551. The molecule has 4 nitrogen and oxygen atoms in total. The van der Waals surface area contributed by atoms with Crippen LogP contribution in [0, 0.1) is 0 Å². The van der Waals surface area contributed by atoms with E-state index in [-0.39, 0.29) is 10.5 Å². The van der Waals surface area contributed by atoms with Crippen LogP contribution < -0.4 is 0 Å². The molecular formula is C12H15BrO4S. The van der Waals surface area contributed by atoms with Gasteiger partial charge in [-0.1, -0.05) is 29.3 Å². The maximum atomic E-state index is 12.3. The van der Waals surface area contributed by atoms with Crippen molar-refractivity contribution >= 4 is 31.7 Å². The Morgan fingerprint density at radius 1 is 1.44 bits per heavy atom. The van der Waals surface area contributed by atoms with Crippen LogP contribution in [0.15, 0.2) is 27.6 Å². The average molecular weight is 335 g/mol. The van der Waals surface area contributed by atoms with E-state index in [1.807, 2.05) is 6.92 Å². The standard InChI is InChI=1S/C12H15BrO4S/c1-3-4-8(2)18(16,17)11-7-9(13)5-6-10(11)12(14)15/h5-8H,3-4H2,1-2H3,(H,14,15).